The first-order valence-corrected chi connectivity index (χ1v) is 9.22. The summed E-state index contributed by atoms with van der Waals surface area (Å²) in [6, 6.07) is 7.06. The molecule has 0 bridgehead atoms. The zero-order valence-corrected chi connectivity index (χ0v) is 15.9. The van der Waals surface area contributed by atoms with Gasteiger partial charge in [-0.3, -0.25) is 4.90 Å². The fourth-order valence-electron chi connectivity index (χ4n) is 3.26. The molecule has 2 atom stereocenters. The lowest BCUT2D eigenvalue weighted by atomic mass is 9.94. The first kappa shape index (κ1) is 19.8. The smallest absolute Gasteiger partial charge is 0.123 e. The predicted molar refractivity (Wildman–Crippen MR) is 102 cm³/mol. The predicted octanol–water partition coefficient (Wildman–Crippen LogP) is 5.65. The van der Waals surface area contributed by atoms with Crippen molar-refractivity contribution < 1.29 is 5.11 Å². The highest BCUT2D eigenvalue weighted by Gasteiger charge is 2.19. The topological polar surface area (TPSA) is 23.5 Å². The van der Waals surface area contributed by atoms with E-state index >= 15 is 0 Å². The van der Waals surface area contributed by atoms with Crippen LogP contribution >= 0.6 is 0 Å². The summed E-state index contributed by atoms with van der Waals surface area (Å²) in [6.45, 7) is 14.4. The Balaban J connectivity index is 2.97. The Bertz CT molecular complexity index is 497. The Morgan fingerprint density at radius 1 is 1.13 bits per heavy atom. The van der Waals surface area contributed by atoms with Gasteiger partial charge in [0.05, 0.1) is 0 Å². The Hall–Kier alpha value is -1.28. The van der Waals surface area contributed by atoms with Crippen LogP contribution in [-0.4, -0.2) is 28.6 Å². The average molecular weight is 318 g/mol. The maximum absolute atomic E-state index is 10.3. The Labute approximate surface area is 143 Å². The van der Waals surface area contributed by atoms with Gasteiger partial charge in [0.15, 0.2) is 0 Å². The second-order valence-electron chi connectivity index (χ2n) is 6.48. The van der Waals surface area contributed by atoms with Gasteiger partial charge in [0, 0.05) is 24.2 Å². The number of aromatic hydroxyl groups is 1. The van der Waals surface area contributed by atoms with Gasteiger partial charge in [-0.15, -0.1) is 0 Å². The lowest BCUT2D eigenvalue weighted by Gasteiger charge is -2.34. The fourth-order valence-corrected chi connectivity index (χ4v) is 3.26. The van der Waals surface area contributed by atoms with Crippen LogP contribution in [-0.2, 0) is 6.42 Å². The second-order valence-corrected chi connectivity index (χ2v) is 6.48. The highest BCUT2D eigenvalue weighted by molar-refractivity contribution is 5.73. The largest absolute Gasteiger partial charge is 0.507 e. The van der Waals surface area contributed by atoms with E-state index in [9.17, 15) is 5.11 Å². The summed E-state index contributed by atoms with van der Waals surface area (Å²) in [5.41, 5.74) is 3.54. The molecular formula is C21H35NO. The van der Waals surface area contributed by atoms with Crippen molar-refractivity contribution in [2.45, 2.75) is 79.3 Å². The normalized spacial score (nSPS) is 15.0. The molecule has 0 spiro atoms. The Kier molecular flexibility index (Phi) is 8.40. The number of phenolic OH excluding ortho intramolecular Hbond substituents is 1. The first-order valence-electron chi connectivity index (χ1n) is 9.22. The van der Waals surface area contributed by atoms with Gasteiger partial charge in [-0.25, -0.2) is 0 Å². The minimum absolute atomic E-state index is 0.413. The number of allylic oxidation sites excluding steroid dienone is 1. The molecular weight excluding hydrogens is 282 g/mol. The van der Waals surface area contributed by atoms with Crippen molar-refractivity contribution >= 4 is 5.57 Å². The summed E-state index contributed by atoms with van der Waals surface area (Å²) in [4.78, 5) is 2.61. The van der Waals surface area contributed by atoms with E-state index in [0.29, 0.717) is 17.8 Å². The van der Waals surface area contributed by atoms with Crippen LogP contribution in [0.5, 0.6) is 5.75 Å². The molecule has 0 radical (unpaired) electrons. The highest BCUT2D eigenvalue weighted by Crippen LogP contribution is 2.31. The van der Waals surface area contributed by atoms with Crippen LogP contribution in [0.3, 0.4) is 0 Å². The zero-order valence-electron chi connectivity index (χ0n) is 15.9. The van der Waals surface area contributed by atoms with Gasteiger partial charge in [0.1, 0.15) is 5.75 Å². The highest BCUT2D eigenvalue weighted by atomic mass is 16.3. The average Bonchev–Trinajstić information content (AvgIpc) is 2.58. The molecule has 0 fully saturated rings. The molecule has 0 aromatic heterocycles. The molecule has 1 rings (SSSR count). The van der Waals surface area contributed by atoms with Gasteiger partial charge >= 0.3 is 0 Å². The Morgan fingerprint density at radius 2 is 1.74 bits per heavy atom. The number of hydrogen-bond acceptors (Lipinski definition) is 2. The van der Waals surface area contributed by atoms with Gasteiger partial charge < -0.3 is 5.11 Å². The van der Waals surface area contributed by atoms with E-state index in [1.54, 1.807) is 6.07 Å². The maximum atomic E-state index is 10.3. The van der Waals surface area contributed by atoms with Crippen LogP contribution in [0.15, 0.2) is 24.3 Å². The van der Waals surface area contributed by atoms with Crippen LogP contribution in [0.25, 0.3) is 5.57 Å². The van der Waals surface area contributed by atoms with E-state index in [4.69, 9.17) is 0 Å². The number of hydrogen-bond donors (Lipinski definition) is 1. The quantitative estimate of drug-likeness (QED) is 0.636. The minimum Gasteiger partial charge on any atom is -0.507 e. The van der Waals surface area contributed by atoms with Crippen LogP contribution < -0.4 is 0 Å². The van der Waals surface area contributed by atoms with Crippen LogP contribution in [0.4, 0.5) is 0 Å². The molecule has 1 aromatic rings. The van der Waals surface area contributed by atoms with Crippen molar-refractivity contribution in [3.8, 4) is 5.75 Å². The summed E-state index contributed by atoms with van der Waals surface area (Å²) in [5.74, 6) is 0.413. The molecule has 130 valence electrons. The fraction of sp³-hybridized carbons (Fsp3) is 0.619. The number of aryl methyl sites for hydroxylation is 1. The third-order valence-corrected chi connectivity index (χ3v) is 5.13. The van der Waals surface area contributed by atoms with Crippen LogP contribution in [0.1, 0.15) is 71.9 Å². The summed E-state index contributed by atoms with van der Waals surface area (Å²) in [6.07, 6.45) is 6.44. The van der Waals surface area contributed by atoms with Gasteiger partial charge in [-0.2, -0.15) is 0 Å². The molecule has 0 aliphatic rings. The van der Waals surface area contributed by atoms with Crippen LogP contribution in [0, 0.1) is 0 Å². The van der Waals surface area contributed by atoms with E-state index in [2.05, 4.69) is 58.6 Å². The van der Waals surface area contributed by atoms with Crippen molar-refractivity contribution in [3.63, 3.8) is 0 Å². The number of nitrogens with zero attached hydrogens (tertiary/aromatic N) is 1. The molecule has 2 heteroatoms. The molecule has 23 heavy (non-hydrogen) atoms. The molecule has 2 unspecified atom stereocenters. The number of rotatable bonds is 9. The molecule has 1 N–H and O–H groups in total. The van der Waals surface area contributed by atoms with Crippen molar-refractivity contribution in [1.82, 2.24) is 4.90 Å². The third-order valence-electron chi connectivity index (χ3n) is 5.13. The molecule has 0 aliphatic heterocycles. The minimum atomic E-state index is 0.413. The molecule has 0 saturated heterocycles. The monoisotopic (exact) mass is 317 g/mol. The van der Waals surface area contributed by atoms with Gasteiger partial charge in [-0.1, -0.05) is 39.0 Å². The van der Waals surface area contributed by atoms with E-state index in [1.807, 2.05) is 6.07 Å². The van der Waals surface area contributed by atoms with E-state index in [0.717, 1.165) is 24.9 Å². The molecule has 0 saturated carbocycles. The molecule has 0 heterocycles. The van der Waals surface area contributed by atoms with Gasteiger partial charge in [0.2, 0.25) is 0 Å². The van der Waals surface area contributed by atoms with E-state index in [1.165, 1.54) is 24.0 Å². The Morgan fingerprint density at radius 3 is 2.22 bits per heavy atom. The molecule has 1 aromatic carbocycles. The number of phenols is 1. The van der Waals surface area contributed by atoms with E-state index in [-0.39, 0.29) is 0 Å². The first-order chi connectivity index (χ1) is 11.0. The van der Waals surface area contributed by atoms with Crippen molar-refractivity contribution in [2.75, 3.05) is 6.54 Å². The zero-order chi connectivity index (χ0) is 17.4. The summed E-state index contributed by atoms with van der Waals surface area (Å²) in [5, 5.41) is 10.3. The van der Waals surface area contributed by atoms with Crippen molar-refractivity contribution in [2.24, 2.45) is 0 Å². The molecule has 0 amide bonds. The van der Waals surface area contributed by atoms with Crippen molar-refractivity contribution in [1.29, 1.82) is 0 Å². The van der Waals surface area contributed by atoms with Gasteiger partial charge in [0.25, 0.3) is 0 Å². The summed E-state index contributed by atoms with van der Waals surface area (Å²) >= 11 is 0. The van der Waals surface area contributed by atoms with Crippen molar-refractivity contribution in [3.05, 3.63) is 35.4 Å². The molecule has 2 nitrogen and oxygen atoms in total. The second kappa shape index (κ2) is 9.77. The maximum Gasteiger partial charge on any atom is 0.123 e. The van der Waals surface area contributed by atoms with Crippen LogP contribution in [0.2, 0.25) is 0 Å². The standard InChI is InChI=1S/C21H35NO/c1-7-16(5)22(17(6)8-2)15-14-19(10-4)21-18(9-3)12-11-13-20(21)23/h10-13,16-17,23H,7-9,14-15H2,1-6H3/b19-10-. The number of benzene rings is 1. The van der Waals surface area contributed by atoms with Gasteiger partial charge in [-0.05, 0) is 63.7 Å². The summed E-state index contributed by atoms with van der Waals surface area (Å²) in [7, 11) is 0. The molecule has 0 aliphatic carbocycles. The summed E-state index contributed by atoms with van der Waals surface area (Å²) < 4.78 is 0. The van der Waals surface area contributed by atoms with E-state index < -0.39 is 0 Å². The lowest BCUT2D eigenvalue weighted by molar-refractivity contribution is 0.150. The SMILES string of the molecule is C/C=C(/CCN(C(C)CC)C(C)CC)c1c(O)cccc1CC. The lowest BCUT2D eigenvalue weighted by Crippen LogP contribution is -2.40. The third kappa shape index (κ3) is 5.10.